The predicted molar refractivity (Wildman–Crippen MR) is 81.5 cm³/mol. The van der Waals surface area contributed by atoms with Crippen molar-refractivity contribution in [2.45, 2.75) is 13.8 Å². The fourth-order valence-electron chi connectivity index (χ4n) is 1.90. The Labute approximate surface area is 123 Å². The number of aryl methyl sites for hydroxylation is 2. The maximum atomic E-state index is 11.8. The second-order valence-electron chi connectivity index (χ2n) is 4.67. The highest BCUT2D eigenvalue weighted by Crippen LogP contribution is 2.16. The van der Waals surface area contributed by atoms with Crippen molar-refractivity contribution >= 4 is 23.2 Å². The molecule has 0 aliphatic carbocycles. The van der Waals surface area contributed by atoms with E-state index in [0.717, 1.165) is 11.1 Å². The maximum absolute atomic E-state index is 11.8. The van der Waals surface area contributed by atoms with Crippen molar-refractivity contribution < 1.29 is 9.53 Å². The van der Waals surface area contributed by atoms with Crippen LogP contribution in [0.4, 0.5) is 5.69 Å². The zero-order chi connectivity index (χ0) is 14.5. The topological polar surface area (TPSA) is 38.3 Å². The zero-order valence-electron chi connectivity index (χ0n) is 11.4. The van der Waals surface area contributed by atoms with Crippen LogP contribution in [-0.2, 0) is 4.79 Å². The Morgan fingerprint density at radius 2 is 1.70 bits per heavy atom. The van der Waals surface area contributed by atoms with Crippen molar-refractivity contribution in [2.75, 3.05) is 11.9 Å². The molecule has 0 spiro atoms. The molecule has 1 N–H and O–H groups in total. The molecule has 0 radical (unpaired) electrons. The molecule has 0 aromatic heterocycles. The number of ether oxygens (including phenoxy) is 1. The molecular weight excluding hydrogens is 274 g/mol. The average Bonchev–Trinajstić information content (AvgIpc) is 2.38. The number of halogens is 1. The molecule has 2 aromatic carbocycles. The summed E-state index contributed by atoms with van der Waals surface area (Å²) in [5, 5.41) is 3.38. The van der Waals surface area contributed by atoms with Crippen LogP contribution in [0.5, 0.6) is 5.75 Å². The lowest BCUT2D eigenvalue weighted by atomic mass is 10.1. The lowest BCUT2D eigenvalue weighted by molar-refractivity contribution is -0.118. The van der Waals surface area contributed by atoms with Crippen molar-refractivity contribution in [3.63, 3.8) is 0 Å². The average molecular weight is 290 g/mol. The van der Waals surface area contributed by atoms with Crippen LogP contribution in [0.1, 0.15) is 11.1 Å². The number of hydrogen-bond donors (Lipinski definition) is 1. The van der Waals surface area contributed by atoms with Crippen LogP contribution in [0, 0.1) is 13.8 Å². The van der Waals surface area contributed by atoms with E-state index >= 15 is 0 Å². The van der Waals surface area contributed by atoms with E-state index in [1.54, 1.807) is 24.3 Å². The smallest absolute Gasteiger partial charge is 0.262 e. The van der Waals surface area contributed by atoms with Gasteiger partial charge in [-0.3, -0.25) is 4.79 Å². The molecule has 0 heterocycles. The molecule has 0 saturated carbocycles. The Morgan fingerprint density at radius 1 is 1.10 bits per heavy atom. The fraction of sp³-hybridized carbons (Fsp3) is 0.188. The van der Waals surface area contributed by atoms with Gasteiger partial charge in [0.25, 0.3) is 5.91 Å². The molecule has 2 aromatic rings. The third-order valence-electron chi connectivity index (χ3n) is 2.69. The molecule has 104 valence electrons. The van der Waals surface area contributed by atoms with Gasteiger partial charge in [-0.15, -0.1) is 0 Å². The number of carbonyl (C=O) groups excluding carboxylic acids is 1. The summed E-state index contributed by atoms with van der Waals surface area (Å²) in [5.74, 6) is 0.500. The number of hydrogen-bond acceptors (Lipinski definition) is 2. The highest BCUT2D eigenvalue weighted by Gasteiger charge is 2.04. The van der Waals surface area contributed by atoms with E-state index < -0.39 is 0 Å². The van der Waals surface area contributed by atoms with Crippen molar-refractivity contribution in [3.05, 3.63) is 58.6 Å². The normalized spacial score (nSPS) is 10.2. The lowest BCUT2D eigenvalue weighted by Gasteiger charge is -2.09. The largest absolute Gasteiger partial charge is 0.484 e. The van der Waals surface area contributed by atoms with Gasteiger partial charge in [0.2, 0.25) is 0 Å². The molecule has 0 bridgehead atoms. The summed E-state index contributed by atoms with van der Waals surface area (Å²) in [6.07, 6.45) is 0. The van der Waals surface area contributed by atoms with E-state index in [9.17, 15) is 4.79 Å². The standard InChI is InChI=1S/C16H16ClNO2/c1-11-7-12(2)9-15(8-11)20-10-16(19)18-14-5-3-13(17)4-6-14/h3-9H,10H2,1-2H3,(H,18,19). The van der Waals surface area contributed by atoms with Gasteiger partial charge in [-0.25, -0.2) is 0 Å². The lowest BCUT2D eigenvalue weighted by Crippen LogP contribution is -2.20. The first-order chi connectivity index (χ1) is 9.52. The Kier molecular flexibility index (Phi) is 4.64. The minimum absolute atomic E-state index is 0.0223. The number of anilines is 1. The van der Waals surface area contributed by atoms with Crippen molar-refractivity contribution in [3.8, 4) is 5.75 Å². The number of rotatable bonds is 4. The quantitative estimate of drug-likeness (QED) is 0.925. The van der Waals surface area contributed by atoms with Gasteiger partial charge in [-0.2, -0.15) is 0 Å². The summed E-state index contributed by atoms with van der Waals surface area (Å²) in [7, 11) is 0. The van der Waals surface area contributed by atoms with Gasteiger partial charge in [0.1, 0.15) is 5.75 Å². The molecule has 2 rings (SSSR count). The Hall–Kier alpha value is -2.00. The summed E-state index contributed by atoms with van der Waals surface area (Å²) in [6, 6.07) is 12.8. The van der Waals surface area contributed by atoms with Crippen molar-refractivity contribution in [1.29, 1.82) is 0 Å². The molecule has 0 unspecified atom stereocenters. The summed E-state index contributed by atoms with van der Waals surface area (Å²) in [6.45, 7) is 3.97. The predicted octanol–water partition coefficient (Wildman–Crippen LogP) is 3.97. The van der Waals surface area contributed by atoms with E-state index in [1.165, 1.54) is 0 Å². The van der Waals surface area contributed by atoms with Gasteiger partial charge in [0.05, 0.1) is 0 Å². The van der Waals surface area contributed by atoms with Gasteiger partial charge >= 0.3 is 0 Å². The molecular formula is C16H16ClNO2. The summed E-state index contributed by atoms with van der Waals surface area (Å²) < 4.78 is 5.49. The van der Waals surface area contributed by atoms with E-state index in [0.29, 0.717) is 16.5 Å². The highest BCUT2D eigenvalue weighted by molar-refractivity contribution is 6.30. The minimum Gasteiger partial charge on any atom is -0.484 e. The first-order valence-corrected chi connectivity index (χ1v) is 6.67. The fourth-order valence-corrected chi connectivity index (χ4v) is 2.02. The number of amides is 1. The third kappa shape index (κ3) is 4.28. The first-order valence-electron chi connectivity index (χ1n) is 6.29. The molecule has 20 heavy (non-hydrogen) atoms. The SMILES string of the molecule is Cc1cc(C)cc(OCC(=O)Nc2ccc(Cl)cc2)c1. The zero-order valence-corrected chi connectivity index (χ0v) is 12.2. The summed E-state index contributed by atoms with van der Waals surface area (Å²) >= 11 is 5.78. The Bertz CT molecular complexity index is 588. The maximum Gasteiger partial charge on any atom is 0.262 e. The van der Waals surface area contributed by atoms with Crippen LogP contribution in [0.15, 0.2) is 42.5 Å². The van der Waals surface area contributed by atoms with E-state index in [4.69, 9.17) is 16.3 Å². The second kappa shape index (κ2) is 6.44. The Morgan fingerprint density at radius 3 is 2.30 bits per heavy atom. The number of benzene rings is 2. The van der Waals surface area contributed by atoms with Gasteiger partial charge in [-0.1, -0.05) is 17.7 Å². The molecule has 1 amide bonds. The van der Waals surface area contributed by atoms with Crippen LogP contribution in [0.25, 0.3) is 0 Å². The van der Waals surface area contributed by atoms with Crippen molar-refractivity contribution in [1.82, 2.24) is 0 Å². The third-order valence-corrected chi connectivity index (χ3v) is 2.95. The molecule has 0 atom stereocenters. The molecule has 4 heteroatoms. The molecule has 0 aliphatic rings. The first kappa shape index (κ1) is 14.4. The Balaban J connectivity index is 1.90. The minimum atomic E-state index is -0.202. The summed E-state index contributed by atoms with van der Waals surface area (Å²) in [5.41, 5.74) is 2.92. The van der Waals surface area contributed by atoms with Gasteiger partial charge in [-0.05, 0) is 61.4 Å². The second-order valence-corrected chi connectivity index (χ2v) is 5.10. The van der Waals surface area contributed by atoms with E-state index in [2.05, 4.69) is 11.4 Å². The van der Waals surface area contributed by atoms with Gasteiger partial charge in [0, 0.05) is 10.7 Å². The molecule has 3 nitrogen and oxygen atoms in total. The molecule has 0 fully saturated rings. The van der Waals surface area contributed by atoms with Crippen LogP contribution >= 0.6 is 11.6 Å². The van der Waals surface area contributed by atoms with E-state index in [-0.39, 0.29) is 12.5 Å². The van der Waals surface area contributed by atoms with E-state index in [1.807, 2.05) is 26.0 Å². The van der Waals surface area contributed by atoms with Gasteiger partial charge < -0.3 is 10.1 Å². The number of nitrogens with one attached hydrogen (secondary N) is 1. The monoisotopic (exact) mass is 289 g/mol. The number of carbonyl (C=O) groups is 1. The summed E-state index contributed by atoms with van der Waals surface area (Å²) in [4.78, 5) is 11.8. The van der Waals surface area contributed by atoms with Crippen LogP contribution in [0.2, 0.25) is 5.02 Å². The molecule has 0 saturated heterocycles. The highest BCUT2D eigenvalue weighted by atomic mass is 35.5. The van der Waals surface area contributed by atoms with Crippen molar-refractivity contribution in [2.24, 2.45) is 0 Å². The van der Waals surface area contributed by atoms with Crippen LogP contribution in [0.3, 0.4) is 0 Å². The van der Waals surface area contributed by atoms with Gasteiger partial charge in [0.15, 0.2) is 6.61 Å². The van der Waals surface area contributed by atoms with Crippen LogP contribution < -0.4 is 10.1 Å². The molecule has 0 aliphatic heterocycles. The van der Waals surface area contributed by atoms with Crippen LogP contribution in [-0.4, -0.2) is 12.5 Å².